The quantitative estimate of drug-likeness (QED) is 0.545. The first-order chi connectivity index (χ1) is 16.1. The molecule has 1 aliphatic rings. The second kappa shape index (κ2) is 11.3. The number of hydrogen-bond acceptors (Lipinski definition) is 4. The third kappa shape index (κ3) is 6.75. The molecule has 0 radical (unpaired) electrons. The summed E-state index contributed by atoms with van der Waals surface area (Å²) in [5, 5.41) is 3.05. The molecule has 34 heavy (non-hydrogen) atoms. The SMILES string of the molecule is Cc1cccc(N(CCCC(=O)NC(C)c2ccc(N3CCCC(C)C3)cc2)S(C)(=O)=O)c1C. The lowest BCUT2D eigenvalue weighted by atomic mass is 9.99. The number of nitrogens with one attached hydrogen (secondary N) is 1. The van der Waals surface area contributed by atoms with Crippen molar-refractivity contribution in [3.05, 3.63) is 59.2 Å². The molecule has 1 aliphatic heterocycles. The molecular weight excluding hydrogens is 446 g/mol. The number of sulfonamides is 1. The maximum Gasteiger partial charge on any atom is 0.232 e. The monoisotopic (exact) mass is 485 g/mol. The average Bonchev–Trinajstić information content (AvgIpc) is 2.78. The maximum absolute atomic E-state index is 12.6. The number of carbonyl (C=O) groups is 1. The Morgan fingerprint density at radius 1 is 1.18 bits per heavy atom. The summed E-state index contributed by atoms with van der Waals surface area (Å²) < 4.78 is 26.2. The Balaban J connectivity index is 1.54. The van der Waals surface area contributed by atoms with Crippen LogP contribution in [0.2, 0.25) is 0 Å². The fourth-order valence-corrected chi connectivity index (χ4v) is 5.66. The van der Waals surface area contributed by atoms with E-state index in [1.54, 1.807) is 0 Å². The molecule has 0 saturated carbocycles. The fourth-order valence-electron chi connectivity index (χ4n) is 4.65. The van der Waals surface area contributed by atoms with Gasteiger partial charge in [-0.15, -0.1) is 0 Å². The molecule has 2 atom stereocenters. The number of hydrogen-bond donors (Lipinski definition) is 1. The maximum atomic E-state index is 12.6. The number of rotatable bonds is 9. The van der Waals surface area contributed by atoms with Crippen LogP contribution in [0.25, 0.3) is 0 Å². The van der Waals surface area contributed by atoms with Crippen LogP contribution in [0.4, 0.5) is 11.4 Å². The molecule has 2 aromatic rings. The van der Waals surface area contributed by atoms with E-state index in [9.17, 15) is 13.2 Å². The molecule has 1 N–H and O–H groups in total. The van der Waals surface area contributed by atoms with Crippen LogP contribution in [0.5, 0.6) is 0 Å². The minimum Gasteiger partial charge on any atom is -0.371 e. The molecule has 1 fully saturated rings. The van der Waals surface area contributed by atoms with Gasteiger partial charge in [0.15, 0.2) is 0 Å². The van der Waals surface area contributed by atoms with E-state index >= 15 is 0 Å². The predicted molar refractivity (Wildman–Crippen MR) is 141 cm³/mol. The highest BCUT2D eigenvalue weighted by Crippen LogP contribution is 2.26. The van der Waals surface area contributed by atoms with Gasteiger partial charge < -0.3 is 10.2 Å². The van der Waals surface area contributed by atoms with Crippen LogP contribution < -0.4 is 14.5 Å². The van der Waals surface area contributed by atoms with Crippen LogP contribution in [0.3, 0.4) is 0 Å². The minimum atomic E-state index is -3.44. The highest BCUT2D eigenvalue weighted by Gasteiger charge is 2.21. The van der Waals surface area contributed by atoms with Gasteiger partial charge in [0.05, 0.1) is 18.0 Å². The Hall–Kier alpha value is -2.54. The van der Waals surface area contributed by atoms with Crippen molar-refractivity contribution in [1.82, 2.24) is 5.32 Å². The lowest BCUT2D eigenvalue weighted by Crippen LogP contribution is -2.34. The van der Waals surface area contributed by atoms with Crippen molar-refractivity contribution < 1.29 is 13.2 Å². The Morgan fingerprint density at radius 2 is 1.88 bits per heavy atom. The standard InChI is InChI=1S/C27H39N3O3S/c1-20-9-7-17-29(19-20)25-15-13-24(14-16-25)23(4)28-27(31)12-8-18-30(34(5,32)33)26-11-6-10-21(2)22(26)3/h6,10-11,13-16,20,23H,7-9,12,17-19H2,1-5H3,(H,28,31). The van der Waals surface area contributed by atoms with E-state index in [2.05, 4.69) is 41.4 Å². The highest BCUT2D eigenvalue weighted by atomic mass is 32.2. The summed E-state index contributed by atoms with van der Waals surface area (Å²) in [6.07, 6.45) is 4.46. The van der Waals surface area contributed by atoms with Crippen LogP contribution in [-0.2, 0) is 14.8 Å². The van der Waals surface area contributed by atoms with Crippen LogP contribution in [0.1, 0.15) is 62.3 Å². The lowest BCUT2D eigenvalue weighted by molar-refractivity contribution is -0.121. The molecule has 7 heteroatoms. The Kier molecular flexibility index (Phi) is 8.63. The van der Waals surface area contributed by atoms with E-state index in [0.29, 0.717) is 12.1 Å². The van der Waals surface area contributed by atoms with E-state index in [-0.39, 0.29) is 24.9 Å². The van der Waals surface area contributed by atoms with Gasteiger partial charge in [-0.2, -0.15) is 0 Å². The van der Waals surface area contributed by atoms with Gasteiger partial charge in [-0.25, -0.2) is 8.42 Å². The first-order valence-electron chi connectivity index (χ1n) is 12.2. The molecule has 0 aromatic heterocycles. The number of carbonyl (C=O) groups excluding carboxylic acids is 1. The van der Waals surface area contributed by atoms with E-state index in [0.717, 1.165) is 35.7 Å². The van der Waals surface area contributed by atoms with Crippen LogP contribution in [0, 0.1) is 19.8 Å². The van der Waals surface area contributed by atoms with Crippen molar-refractivity contribution in [1.29, 1.82) is 0 Å². The van der Waals surface area contributed by atoms with E-state index in [1.807, 2.05) is 39.0 Å². The normalized spacial score (nSPS) is 17.3. The first kappa shape index (κ1) is 26.1. The zero-order valence-corrected chi connectivity index (χ0v) is 22.0. The first-order valence-corrected chi connectivity index (χ1v) is 14.1. The molecule has 6 nitrogen and oxygen atoms in total. The molecule has 0 spiro atoms. The van der Waals surface area contributed by atoms with E-state index < -0.39 is 10.0 Å². The van der Waals surface area contributed by atoms with Gasteiger partial charge in [-0.1, -0.05) is 31.2 Å². The van der Waals surface area contributed by atoms with Gasteiger partial charge in [-0.3, -0.25) is 9.10 Å². The second-order valence-corrected chi connectivity index (χ2v) is 11.6. The smallest absolute Gasteiger partial charge is 0.232 e. The average molecular weight is 486 g/mol. The molecule has 1 heterocycles. The summed E-state index contributed by atoms with van der Waals surface area (Å²) in [6.45, 7) is 10.6. The fraction of sp³-hybridized carbons (Fsp3) is 0.519. The van der Waals surface area contributed by atoms with Gasteiger partial charge in [0.25, 0.3) is 0 Å². The van der Waals surface area contributed by atoms with Crippen LogP contribution in [-0.4, -0.2) is 40.2 Å². The predicted octanol–water partition coefficient (Wildman–Crippen LogP) is 4.96. The molecule has 0 bridgehead atoms. The summed E-state index contributed by atoms with van der Waals surface area (Å²) in [4.78, 5) is 15.0. The number of anilines is 2. The zero-order valence-electron chi connectivity index (χ0n) is 21.2. The zero-order chi connectivity index (χ0) is 24.9. The molecule has 186 valence electrons. The van der Waals surface area contributed by atoms with Crippen LogP contribution in [0.15, 0.2) is 42.5 Å². The number of piperidine rings is 1. The third-order valence-corrected chi connectivity index (χ3v) is 7.98. The van der Waals surface area contributed by atoms with Crippen molar-refractivity contribution >= 4 is 27.3 Å². The Labute approximate surface area is 205 Å². The molecule has 2 unspecified atom stereocenters. The summed E-state index contributed by atoms with van der Waals surface area (Å²) in [5.41, 5.74) is 4.96. The van der Waals surface area contributed by atoms with Crippen molar-refractivity contribution in [2.45, 2.75) is 59.4 Å². The Morgan fingerprint density at radius 3 is 2.53 bits per heavy atom. The molecule has 3 rings (SSSR count). The number of aryl methyl sites for hydroxylation is 1. The molecule has 1 amide bonds. The van der Waals surface area contributed by atoms with Gasteiger partial charge in [0.1, 0.15) is 0 Å². The van der Waals surface area contributed by atoms with Crippen molar-refractivity contribution in [2.75, 3.05) is 35.1 Å². The van der Waals surface area contributed by atoms with Gasteiger partial charge in [0.2, 0.25) is 15.9 Å². The summed E-state index contributed by atoms with van der Waals surface area (Å²) in [6, 6.07) is 14.0. The highest BCUT2D eigenvalue weighted by molar-refractivity contribution is 7.92. The topological polar surface area (TPSA) is 69.7 Å². The molecule has 1 saturated heterocycles. The van der Waals surface area contributed by atoms with Crippen LogP contribution >= 0.6 is 0 Å². The summed E-state index contributed by atoms with van der Waals surface area (Å²) >= 11 is 0. The minimum absolute atomic E-state index is 0.0733. The van der Waals surface area contributed by atoms with Crippen molar-refractivity contribution in [3.8, 4) is 0 Å². The molecule has 0 aliphatic carbocycles. The molecule has 2 aromatic carbocycles. The number of amides is 1. The van der Waals surface area contributed by atoms with Gasteiger partial charge in [-0.05, 0) is 80.8 Å². The Bertz CT molecular complexity index is 1080. The third-order valence-electron chi connectivity index (χ3n) is 6.80. The molecular formula is C27H39N3O3S. The summed E-state index contributed by atoms with van der Waals surface area (Å²) in [5.74, 6) is 0.649. The summed E-state index contributed by atoms with van der Waals surface area (Å²) in [7, 11) is -3.44. The largest absolute Gasteiger partial charge is 0.371 e. The second-order valence-electron chi connectivity index (χ2n) is 9.73. The number of benzene rings is 2. The van der Waals surface area contributed by atoms with Crippen molar-refractivity contribution in [3.63, 3.8) is 0 Å². The van der Waals surface area contributed by atoms with Gasteiger partial charge in [0, 0.05) is 31.7 Å². The number of nitrogens with zero attached hydrogens (tertiary/aromatic N) is 2. The van der Waals surface area contributed by atoms with Crippen molar-refractivity contribution in [2.24, 2.45) is 5.92 Å². The van der Waals surface area contributed by atoms with Gasteiger partial charge >= 0.3 is 0 Å². The van der Waals surface area contributed by atoms with E-state index in [4.69, 9.17) is 0 Å². The van der Waals surface area contributed by atoms with E-state index in [1.165, 1.54) is 29.1 Å². The lowest BCUT2D eigenvalue weighted by Gasteiger charge is -2.33.